The van der Waals surface area contributed by atoms with E-state index in [9.17, 15) is 14.7 Å². The Morgan fingerprint density at radius 2 is 1.89 bits per heavy atom. The van der Waals surface area contributed by atoms with Crippen molar-refractivity contribution in [2.45, 2.75) is 76.9 Å². The molecule has 6 rings (SSSR count). The van der Waals surface area contributed by atoms with Crippen molar-refractivity contribution in [1.82, 2.24) is 30.6 Å². The number of thiazole rings is 1. The van der Waals surface area contributed by atoms with Gasteiger partial charge in [-0.15, -0.1) is 0 Å². The van der Waals surface area contributed by atoms with Crippen LogP contribution in [0.5, 0.6) is 0 Å². The number of carbonyl (C=O) groups is 2. The third-order valence-corrected chi connectivity index (χ3v) is 9.21. The Morgan fingerprint density at radius 1 is 1.07 bits per heavy atom. The van der Waals surface area contributed by atoms with Crippen molar-refractivity contribution in [3.63, 3.8) is 0 Å². The fourth-order valence-corrected chi connectivity index (χ4v) is 6.51. The summed E-state index contributed by atoms with van der Waals surface area (Å²) in [5.74, 6) is 0.342. The molecule has 0 radical (unpaired) electrons. The van der Waals surface area contributed by atoms with Gasteiger partial charge in [0.25, 0.3) is 5.91 Å². The number of pyridine rings is 1. The lowest BCUT2D eigenvalue weighted by Gasteiger charge is -2.36. The highest BCUT2D eigenvalue weighted by Crippen LogP contribution is 2.33. The highest BCUT2D eigenvalue weighted by atomic mass is 32.1. The number of amides is 2. The maximum atomic E-state index is 12.9. The number of nitrogens with one attached hydrogen (secondary N) is 3. The van der Waals surface area contributed by atoms with Gasteiger partial charge in [0.1, 0.15) is 6.61 Å². The molecule has 230 valence electrons. The van der Waals surface area contributed by atoms with Crippen molar-refractivity contribution in [3.8, 4) is 11.1 Å². The number of aliphatic hydroxyl groups excluding tert-OH is 1. The minimum Gasteiger partial charge on any atom is -0.390 e. The highest BCUT2D eigenvalue weighted by Gasteiger charge is 2.35. The topological polar surface area (TPSA) is 151 Å². The summed E-state index contributed by atoms with van der Waals surface area (Å²) in [4.78, 5) is 42.9. The van der Waals surface area contributed by atoms with Crippen LogP contribution in [-0.2, 0) is 16.1 Å². The first-order chi connectivity index (χ1) is 21.3. The molecule has 12 heteroatoms. The van der Waals surface area contributed by atoms with Gasteiger partial charge in [0.05, 0.1) is 28.0 Å². The van der Waals surface area contributed by atoms with E-state index in [1.165, 1.54) is 11.3 Å². The third kappa shape index (κ3) is 7.27. The van der Waals surface area contributed by atoms with E-state index >= 15 is 0 Å². The number of nitrogens with zero attached hydrogens (tertiary/aromatic N) is 4. The number of rotatable bonds is 11. The van der Waals surface area contributed by atoms with E-state index in [4.69, 9.17) is 4.74 Å². The van der Waals surface area contributed by atoms with Crippen LogP contribution in [0.1, 0.15) is 60.9 Å². The molecule has 2 aliphatic rings. The van der Waals surface area contributed by atoms with Crippen molar-refractivity contribution in [2.75, 3.05) is 11.9 Å². The quantitative estimate of drug-likeness (QED) is 0.196. The zero-order chi connectivity index (χ0) is 30.6. The van der Waals surface area contributed by atoms with E-state index in [1.54, 1.807) is 24.7 Å². The van der Waals surface area contributed by atoms with Crippen LogP contribution in [0.15, 0.2) is 48.9 Å². The molecule has 3 aromatic heterocycles. The molecule has 0 bridgehead atoms. The van der Waals surface area contributed by atoms with Gasteiger partial charge in [0.2, 0.25) is 5.91 Å². The Kier molecular flexibility index (Phi) is 9.22. The molecule has 0 saturated heterocycles. The second-order valence-corrected chi connectivity index (χ2v) is 12.8. The summed E-state index contributed by atoms with van der Waals surface area (Å²) in [6.45, 7) is 4.67. The molecule has 3 heterocycles. The van der Waals surface area contributed by atoms with E-state index in [1.807, 2.05) is 38.1 Å². The largest absolute Gasteiger partial charge is 0.390 e. The minimum absolute atomic E-state index is 0.0218. The zero-order valence-corrected chi connectivity index (χ0v) is 25.6. The smallest absolute Gasteiger partial charge is 0.252 e. The van der Waals surface area contributed by atoms with Gasteiger partial charge in [0.15, 0.2) is 11.0 Å². The number of fused-ring (bicyclic) bond motifs is 1. The molecule has 0 aliphatic heterocycles. The number of hydrogen-bond donors (Lipinski definition) is 4. The van der Waals surface area contributed by atoms with Crippen molar-refractivity contribution < 1.29 is 19.4 Å². The van der Waals surface area contributed by atoms with Gasteiger partial charge in [-0.05, 0) is 75.8 Å². The average Bonchev–Trinajstić information content (AvgIpc) is 3.61. The Labute approximate surface area is 259 Å². The average molecular weight is 616 g/mol. The van der Waals surface area contributed by atoms with E-state index in [0.29, 0.717) is 23.1 Å². The van der Waals surface area contributed by atoms with Gasteiger partial charge < -0.3 is 25.8 Å². The van der Waals surface area contributed by atoms with Crippen molar-refractivity contribution in [1.29, 1.82) is 0 Å². The molecule has 2 aliphatic carbocycles. The maximum Gasteiger partial charge on any atom is 0.252 e. The summed E-state index contributed by atoms with van der Waals surface area (Å²) < 4.78 is 6.75. The van der Waals surface area contributed by atoms with Gasteiger partial charge in [-0.1, -0.05) is 17.4 Å². The van der Waals surface area contributed by atoms with Crippen LogP contribution in [0.2, 0.25) is 0 Å². The number of aliphatic hydroxyl groups is 1. The molecule has 2 amide bonds. The summed E-state index contributed by atoms with van der Waals surface area (Å²) in [6.07, 6.45) is 8.70. The standard InChI is InChI=1S/C32H37N7O4S/c1-18-6-7-21(14-33-18)30(41)36-13-19(2)37-24-10-22(11-24)31(42)39-32-38-25-9-8-20(12-28(25)44-32)23-15-34-29(35-16-23)17-43-27-5-3-4-26(27)40/h6-9,12,14-16,19,22,24,26-27,37,40H,3-5,10-11,13,17H2,1-2H3,(H,36,41)(H,38,39,42)/t19-,22?,24?,26-,27-/m0/s1. The SMILES string of the molecule is Cc1ccc(C(=O)NC[C@H](C)NC2CC(C(=O)Nc3nc4ccc(-c5cnc(CO[C@H]6CCC[C@@H]6O)nc5)cc4s3)C2)cn1. The lowest BCUT2D eigenvalue weighted by atomic mass is 9.79. The predicted molar refractivity (Wildman–Crippen MR) is 168 cm³/mol. The molecule has 4 aromatic rings. The van der Waals surface area contributed by atoms with Crippen LogP contribution < -0.4 is 16.0 Å². The normalized spacial score (nSPS) is 22.0. The van der Waals surface area contributed by atoms with E-state index in [0.717, 1.165) is 59.1 Å². The summed E-state index contributed by atoms with van der Waals surface area (Å²) in [7, 11) is 0. The second kappa shape index (κ2) is 13.4. The minimum atomic E-state index is -0.401. The molecule has 2 fully saturated rings. The van der Waals surface area contributed by atoms with Crippen LogP contribution in [-0.4, -0.2) is 67.7 Å². The Morgan fingerprint density at radius 3 is 2.61 bits per heavy atom. The molecule has 44 heavy (non-hydrogen) atoms. The number of anilines is 1. The number of benzene rings is 1. The number of hydrogen-bond acceptors (Lipinski definition) is 10. The number of aromatic nitrogens is 4. The van der Waals surface area contributed by atoms with E-state index in [-0.39, 0.29) is 42.5 Å². The van der Waals surface area contributed by atoms with Gasteiger partial charge in [-0.25, -0.2) is 15.0 Å². The van der Waals surface area contributed by atoms with Crippen LogP contribution in [0.4, 0.5) is 5.13 Å². The van der Waals surface area contributed by atoms with Crippen LogP contribution in [0, 0.1) is 12.8 Å². The molecule has 11 nitrogen and oxygen atoms in total. The molecule has 3 atom stereocenters. The van der Waals surface area contributed by atoms with Crippen molar-refractivity contribution >= 4 is 38.5 Å². The number of aryl methyl sites for hydroxylation is 1. The second-order valence-electron chi connectivity index (χ2n) is 11.8. The molecular weight excluding hydrogens is 578 g/mol. The van der Waals surface area contributed by atoms with E-state index < -0.39 is 6.10 Å². The summed E-state index contributed by atoms with van der Waals surface area (Å²) >= 11 is 1.44. The van der Waals surface area contributed by atoms with Crippen LogP contribution >= 0.6 is 11.3 Å². The molecular formula is C32H37N7O4S. The van der Waals surface area contributed by atoms with Gasteiger partial charge in [-0.3, -0.25) is 14.6 Å². The monoisotopic (exact) mass is 615 g/mol. The van der Waals surface area contributed by atoms with Gasteiger partial charge >= 0.3 is 0 Å². The fraction of sp³-hybridized carbons (Fsp3) is 0.438. The lowest BCUT2D eigenvalue weighted by molar-refractivity contribution is -0.123. The lowest BCUT2D eigenvalue weighted by Crippen LogP contribution is -2.51. The fourth-order valence-electron chi connectivity index (χ4n) is 5.61. The number of ether oxygens (including phenoxy) is 1. The van der Waals surface area contributed by atoms with Crippen LogP contribution in [0.3, 0.4) is 0 Å². The van der Waals surface area contributed by atoms with Crippen molar-refractivity contribution in [2.24, 2.45) is 5.92 Å². The zero-order valence-electron chi connectivity index (χ0n) is 24.8. The summed E-state index contributed by atoms with van der Waals surface area (Å²) in [5, 5.41) is 19.9. The predicted octanol–water partition coefficient (Wildman–Crippen LogP) is 4.01. The number of carbonyl (C=O) groups excluding carboxylic acids is 2. The summed E-state index contributed by atoms with van der Waals surface area (Å²) in [5.41, 5.74) is 4.08. The Hall–Kier alpha value is -3.84. The Balaban J connectivity index is 0.955. The molecule has 0 spiro atoms. The highest BCUT2D eigenvalue weighted by molar-refractivity contribution is 7.22. The third-order valence-electron chi connectivity index (χ3n) is 8.27. The molecule has 0 unspecified atom stereocenters. The first-order valence-electron chi connectivity index (χ1n) is 15.1. The van der Waals surface area contributed by atoms with Crippen LogP contribution in [0.25, 0.3) is 21.3 Å². The van der Waals surface area contributed by atoms with Gasteiger partial charge in [0, 0.05) is 54.4 Å². The van der Waals surface area contributed by atoms with E-state index in [2.05, 4.69) is 35.9 Å². The maximum absolute atomic E-state index is 12.9. The summed E-state index contributed by atoms with van der Waals surface area (Å²) in [6, 6.07) is 9.84. The Bertz CT molecular complexity index is 1610. The molecule has 2 saturated carbocycles. The molecule has 4 N–H and O–H groups in total. The molecule has 1 aromatic carbocycles. The first-order valence-corrected chi connectivity index (χ1v) is 15.9. The first kappa shape index (κ1) is 30.2. The van der Waals surface area contributed by atoms with Crippen molar-refractivity contribution in [3.05, 3.63) is 66.0 Å². The van der Waals surface area contributed by atoms with Gasteiger partial charge in [-0.2, -0.15) is 0 Å².